The molecule has 24 heavy (non-hydrogen) atoms. The molecule has 2 aliphatic heterocycles. The Labute approximate surface area is 146 Å². The van der Waals surface area contributed by atoms with Crippen molar-refractivity contribution >= 4 is 11.9 Å². The quantitative estimate of drug-likeness (QED) is 0.670. The van der Waals surface area contributed by atoms with Crippen molar-refractivity contribution in [1.29, 1.82) is 0 Å². The number of esters is 1. The van der Waals surface area contributed by atoms with E-state index in [0.29, 0.717) is 12.6 Å². The van der Waals surface area contributed by atoms with Crippen LogP contribution in [0.15, 0.2) is 0 Å². The first-order chi connectivity index (χ1) is 11.3. The number of ether oxygens (including phenoxy) is 1. The van der Waals surface area contributed by atoms with E-state index in [4.69, 9.17) is 4.74 Å². The summed E-state index contributed by atoms with van der Waals surface area (Å²) in [6.07, 6.45) is 4.91. The van der Waals surface area contributed by atoms with Gasteiger partial charge >= 0.3 is 5.97 Å². The van der Waals surface area contributed by atoms with E-state index in [-0.39, 0.29) is 23.8 Å². The fraction of sp³-hybridized carbons (Fsp3) is 0.895. The van der Waals surface area contributed by atoms with Crippen LogP contribution in [0, 0.1) is 5.92 Å². The van der Waals surface area contributed by atoms with Crippen molar-refractivity contribution in [2.24, 2.45) is 5.92 Å². The predicted octanol–water partition coefficient (Wildman–Crippen LogP) is 2.83. The van der Waals surface area contributed by atoms with E-state index in [1.54, 1.807) is 0 Å². The van der Waals surface area contributed by atoms with Gasteiger partial charge in [-0.15, -0.1) is 0 Å². The molecule has 0 radical (unpaired) electrons. The largest absolute Gasteiger partial charge is 0.460 e. The van der Waals surface area contributed by atoms with Gasteiger partial charge in [-0.2, -0.15) is 0 Å². The van der Waals surface area contributed by atoms with Gasteiger partial charge in [0.15, 0.2) is 0 Å². The van der Waals surface area contributed by atoms with Crippen LogP contribution >= 0.6 is 0 Å². The van der Waals surface area contributed by atoms with Gasteiger partial charge in [0.1, 0.15) is 5.60 Å². The number of amides is 1. The summed E-state index contributed by atoms with van der Waals surface area (Å²) in [5.74, 6) is 0.0492. The fourth-order valence-corrected chi connectivity index (χ4v) is 4.14. The number of hydrogen-bond acceptors (Lipinski definition) is 4. The van der Waals surface area contributed by atoms with E-state index in [2.05, 4.69) is 18.7 Å². The Morgan fingerprint density at radius 1 is 1.12 bits per heavy atom. The zero-order valence-corrected chi connectivity index (χ0v) is 16.0. The van der Waals surface area contributed by atoms with Crippen LogP contribution in [0.3, 0.4) is 0 Å². The molecule has 2 rings (SSSR count). The van der Waals surface area contributed by atoms with Gasteiger partial charge in [-0.25, -0.2) is 0 Å². The minimum atomic E-state index is -0.446. The van der Waals surface area contributed by atoms with Crippen LogP contribution in [-0.4, -0.2) is 59.0 Å². The van der Waals surface area contributed by atoms with Crippen LogP contribution in [0.1, 0.15) is 66.7 Å². The first kappa shape index (κ1) is 19.2. The molecule has 0 unspecified atom stereocenters. The zero-order valence-electron chi connectivity index (χ0n) is 16.0. The third-order valence-corrected chi connectivity index (χ3v) is 5.05. The van der Waals surface area contributed by atoms with Gasteiger partial charge in [0.05, 0.1) is 12.5 Å². The van der Waals surface area contributed by atoms with Gasteiger partial charge in [-0.3, -0.25) is 14.5 Å². The van der Waals surface area contributed by atoms with E-state index in [1.807, 2.05) is 25.7 Å². The van der Waals surface area contributed by atoms with Gasteiger partial charge in [-0.05, 0) is 52.9 Å². The number of carbonyl (C=O) groups is 2. The molecule has 0 saturated carbocycles. The average molecular weight is 338 g/mol. The lowest BCUT2D eigenvalue weighted by molar-refractivity contribution is -0.161. The molecule has 2 fully saturated rings. The normalized spacial score (nSPS) is 26.6. The highest BCUT2D eigenvalue weighted by molar-refractivity contribution is 5.79. The minimum absolute atomic E-state index is 0.0680. The highest BCUT2D eigenvalue weighted by Crippen LogP contribution is 2.42. The van der Waals surface area contributed by atoms with Crippen molar-refractivity contribution in [3.8, 4) is 0 Å². The van der Waals surface area contributed by atoms with E-state index in [9.17, 15) is 9.59 Å². The minimum Gasteiger partial charge on any atom is -0.460 e. The van der Waals surface area contributed by atoms with Crippen molar-refractivity contribution in [1.82, 2.24) is 9.80 Å². The first-order valence-corrected chi connectivity index (χ1v) is 9.53. The number of hydrogen-bond donors (Lipinski definition) is 0. The second-order valence-corrected chi connectivity index (χ2v) is 8.23. The van der Waals surface area contributed by atoms with Crippen molar-refractivity contribution in [2.45, 2.75) is 84.4 Å². The summed E-state index contributed by atoms with van der Waals surface area (Å²) in [5, 5.41) is 0. The molecule has 0 aromatic rings. The van der Waals surface area contributed by atoms with Crippen molar-refractivity contribution in [2.75, 3.05) is 19.6 Å². The molecule has 5 nitrogen and oxygen atoms in total. The highest BCUT2D eigenvalue weighted by Gasteiger charge is 2.50. The van der Waals surface area contributed by atoms with Crippen LogP contribution < -0.4 is 0 Å². The van der Waals surface area contributed by atoms with Crippen LogP contribution in [-0.2, 0) is 14.3 Å². The maximum Gasteiger partial charge on any atom is 0.311 e. The predicted molar refractivity (Wildman–Crippen MR) is 94.6 cm³/mol. The summed E-state index contributed by atoms with van der Waals surface area (Å²) in [5.41, 5.74) is -0.446. The molecule has 138 valence electrons. The summed E-state index contributed by atoms with van der Waals surface area (Å²) in [4.78, 5) is 29.4. The summed E-state index contributed by atoms with van der Waals surface area (Å²) in [7, 11) is 0. The van der Waals surface area contributed by atoms with Gasteiger partial charge in [0.2, 0.25) is 5.91 Å². The molecule has 3 atom stereocenters. The Bertz CT molecular complexity index is 452. The molecule has 2 saturated heterocycles. The Hall–Kier alpha value is -1.10. The lowest BCUT2D eigenvalue weighted by Gasteiger charge is -2.28. The molecule has 2 aliphatic rings. The number of carbonyl (C=O) groups excluding carboxylic acids is 2. The Balaban J connectivity index is 1.97. The third kappa shape index (κ3) is 4.50. The summed E-state index contributed by atoms with van der Waals surface area (Å²) in [6, 6.07) is 0.542. The second kappa shape index (κ2) is 7.85. The highest BCUT2D eigenvalue weighted by atomic mass is 16.6. The van der Waals surface area contributed by atoms with Crippen LogP contribution in [0.2, 0.25) is 0 Å². The third-order valence-electron chi connectivity index (χ3n) is 5.05. The van der Waals surface area contributed by atoms with Crippen molar-refractivity contribution < 1.29 is 14.3 Å². The lowest BCUT2D eigenvalue weighted by Crippen LogP contribution is -2.44. The van der Waals surface area contributed by atoms with Crippen LogP contribution in [0.25, 0.3) is 0 Å². The Kier molecular flexibility index (Phi) is 6.29. The summed E-state index contributed by atoms with van der Waals surface area (Å²) < 4.78 is 5.59. The number of nitrogens with zero attached hydrogens (tertiary/aromatic N) is 2. The monoisotopic (exact) mass is 338 g/mol. The smallest absolute Gasteiger partial charge is 0.311 e. The average Bonchev–Trinajstić information content (AvgIpc) is 3.02. The fourth-order valence-electron chi connectivity index (χ4n) is 4.14. The number of fused-ring (bicyclic) bond motifs is 2. The lowest BCUT2D eigenvalue weighted by atomic mass is 9.89. The Morgan fingerprint density at radius 3 is 2.29 bits per heavy atom. The maximum atomic E-state index is 12.7. The summed E-state index contributed by atoms with van der Waals surface area (Å²) in [6.45, 7) is 12.0. The molecule has 0 aromatic carbocycles. The van der Waals surface area contributed by atoms with Crippen molar-refractivity contribution in [3.05, 3.63) is 0 Å². The molecule has 1 amide bonds. The number of rotatable bonds is 7. The standard InChI is InChI=1S/C19H34N2O3/c1-6-10-20(11-7-2)17(22)13-21-14-8-9-16(21)15(12-14)18(23)24-19(3,4)5/h14-16H,6-13H2,1-5H3/t14-,15+,16-/m0/s1. The SMILES string of the molecule is CCCN(CCC)C(=O)CN1[C@H]2CC[C@H]1[C@H](C(=O)OC(C)(C)C)C2. The summed E-state index contributed by atoms with van der Waals surface area (Å²) >= 11 is 0. The molecule has 5 heteroatoms. The van der Waals surface area contributed by atoms with E-state index in [0.717, 1.165) is 45.2 Å². The van der Waals surface area contributed by atoms with Gasteiger partial charge < -0.3 is 9.64 Å². The van der Waals surface area contributed by atoms with Gasteiger partial charge in [0.25, 0.3) is 0 Å². The first-order valence-electron chi connectivity index (χ1n) is 9.53. The topological polar surface area (TPSA) is 49.9 Å². The molecule has 0 N–H and O–H groups in total. The molecular weight excluding hydrogens is 304 g/mol. The van der Waals surface area contributed by atoms with E-state index in [1.165, 1.54) is 0 Å². The molecule has 0 spiro atoms. The zero-order chi connectivity index (χ0) is 17.9. The molecule has 0 aromatic heterocycles. The second-order valence-electron chi connectivity index (χ2n) is 8.23. The van der Waals surface area contributed by atoms with E-state index >= 15 is 0 Å². The van der Waals surface area contributed by atoms with E-state index < -0.39 is 5.60 Å². The van der Waals surface area contributed by atoms with Gasteiger partial charge in [0, 0.05) is 25.2 Å². The maximum absolute atomic E-state index is 12.7. The van der Waals surface area contributed by atoms with Crippen LogP contribution in [0.5, 0.6) is 0 Å². The van der Waals surface area contributed by atoms with Crippen LogP contribution in [0.4, 0.5) is 0 Å². The Morgan fingerprint density at radius 2 is 1.75 bits per heavy atom. The molecule has 2 heterocycles. The van der Waals surface area contributed by atoms with Gasteiger partial charge in [-0.1, -0.05) is 13.8 Å². The van der Waals surface area contributed by atoms with Crippen molar-refractivity contribution in [3.63, 3.8) is 0 Å². The molecular formula is C19H34N2O3. The molecule has 2 bridgehead atoms. The molecule has 0 aliphatic carbocycles.